The molecule has 2 atom stereocenters. The Bertz CT molecular complexity index is 763. The van der Waals surface area contributed by atoms with Crippen molar-refractivity contribution >= 4 is 11.5 Å². The van der Waals surface area contributed by atoms with E-state index in [1.165, 1.54) is 0 Å². The third kappa shape index (κ3) is 4.73. The molecule has 11 heteroatoms. The Morgan fingerprint density at radius 3 is 2.50 bits per heavy atom. The highest BCUT2D eigenvalue weighted by Crippen LogP contribution is 2.41. The Morgan fingerprint density at radius 1 is 1.21 bits per heavy atom. The SMILES string of the molecule is C[C@H](CCc1nc(NC2CC2)nc(C2=C(F)[C@@H](O)C(F)(F)CC2)n1)C(F)(F)F. The molecule has 0 spiro atoms. The molecule has 1 heterocycles. The van der Waals surface area contributed by atoms with Crippen LogP contribution < -0.4 is 5.32 Å². The molecule has 0 unspecified atom stereocenters. The Labute approximate surface area is 157 Å². The minimum atomic E-state index is -4.36. The number of allylic oxidation sites excluding steroid dienone is 1. The highest BCUT2D eigenvalue weighted by molar-refractivity contribution is 5.65. The van der Waals surface area contributed by atoms with E-state index in [0.717, 1.165) is 19.8 Å². The Hall–Kier alpha value is -1.91. The van der Waals surface area contributed by atoms with Gasteiger partial charge in [0.15, 0.2) is 11.9 Å². The van der Waals surface area contributed by atoms with Crippen LogP contribution in [0.25, 0.3) is 5.57 Å². The molecular formula is C17H20F6N4O. The first-order chi connectivity index (χ1) is 13.0. The van der Waals surface area contributed by atoms with Crippen molar-refractivity contribution in [2.45, 2.75) is 69.7 Å². The lowest BCUT2D eigenvalue weighted by Crippen LogP contribution is -2.37. The van der Waals surface area contributed by atoms with E-state index >= 15 is 0 Å². The van der Waals surface area contributed by atoms with Crippen molar-refractivity contribution in [3.05, 3.63) is 17.5 Å². The maximum Gasteiger partial charge on any atom is 0.391 e. The Kier molecular flexibility index (Phi) is 5.57. The van der Waals surface area contributed by atoms with Gasteiger partial charge in [-0.3, -0.25) is 0 Å². The fraction of sp³-hybridized carbons (Fsp3) is 0.706. The van der Waals surface area contributed by atoms with E-state index in [4.69, 9.17) is 0 Å². The minimum Gasteiger partial charge on any atom is -0.380 e. The van der Waals surface area contributed by atoms with Gasteiger partial charge >= 0.3 is 6.18 Å². The zero-order chi connectivity index (χ0) is 20.7. The van der Waals surface area contributed by atoms with E-state index in [2.05, 4.69) is 20.3 Å². The molecule has 3 rings (SSSR count). The molecular weight excluding hydrogens is 390 g/mol. The summed E-state index contributed by atoms with van der Waals surface area (Å²) in [5, 5.41) is 12.5. The van der Waals surface area contributed by atoms with Gasteiger partial charge < -0.3 is 10.4 Å². The maximum absolute atomic E-state index is 14.3. The average Bonchev–Trinajstić information content (AvgIpc) is 3.40. The lowest BCUT2D eigenvalue weighted by Gasteiger charge is -2.27. The van der Waals surface area contributed by atoms with Crippen LogP contribution in [0.15, 0.2) is 5.83 Å². The second-order valence-corrected chi connectivity index (χ2v) is 7.29. The van der Waals surface area contributed by atoms with Crippen LogP contribution in [0.2, 0.25) is 0 Å². The molecule has 0 radical (unpaired) electrons. The first-order valence-corrected chi connectivity index (χ1v) is 9.00. The standard InChI is InChI=1S/C17H20F6N4O/c1-8(17(21,22)23)2-5-11-25-14(27-15(26-11)24-9-3-4-9)10-6-7-16(19,20)13(28)12(10)18/h8-9,13,28H,2-7H2,1H3,(H,24,25,26,27)/t8-,13-/m1/s1. The quantitative estimate of drug-likeness (QED) is 0.693. The number of aryl methyl sites for hydroxylation is 1. The molecule has 1 fully saturated rings. The van der Waals surface area contributed by atoms with E-state index in [1.54, 1.807) is 0 Å². The third-order valence-electron chi connectivity index (χ3n) is 4.86. The van der Waals surface area contributed by atoms with Gasteiger partial charge in [0, 0.05) is 24.5 Å². The number of nitrogens with zero attached hydrogens (tertiary/aromatic N) is 3. The second kappa shape index (κ2) is 7.49. The molecule has 0 aliphatic heterocycles. The van der Waals surface area contributed by atoms with Gasteiger partial charge in [0.05, 0.1) is 5.92 Å². The molecule has 2 aliphatic rings. The zero-order valence-corrected chi connectivity index (χ0v) is 15.0. The van der Waals surface area contributed by atoms with E-state index in [9.17, 15) is 31.4 Å². The first-order valence-electron chi connectivity index (χ1n) is 9.00. The summed E-state index contributed by atoms with van der Waals surface area (Å²) in [6.07, 6.45) is -6.83. The predicted molar refractivity (Wildman–Crippen MR) is 88.2 cm³/mol. The van der Waals surface area contributed by atoms with Crippen molar-refractivity contribution in [1.29, 1.82) is 0 Å². The van der Waals surface area contributed by atoms with Crippen LogP contribution >= 0.6 is 0 Å². The molecule has 5 nitrogen and oxygen atoms in total. The number of halogens is 6. The number of anilines is 1. The lowest BCUT2D eigenvalue weighted by molar-refractivity contribution is -0.171. The van der Waals surface area contributed by atoms with Crippen LogP contribution in [0.5, 0.6) is 0 Å². The smallest absolute Gasteiger partial charge is 0.380 e. The van der Waals surface area contributed by atoms with Gasteiger partial charge in [-0.2, -0.15) is 23.1 Å². The first kappa shape index (κ1) is 20.8. The van der Waals surface area contributed by atoms with Crippen molar-refractivity contribution in [1.82, 2.24) is 15.0 Å². The van der Waals surface area contributed by atoms with Gasteiger partial charge in [-0.25, -0.2) is 18.2 Å². The number of alkyl halides is 5. The van der Waals surface area contributed by atoms with E-state index in [1.807, 2.05) is 0 Å². The molecule has 0 aromatic carbocycles. The summed E-state index contributed by atoms with van der Waals surface area (Å²) in [4.78, 5) is 12.1. The lowest BCUT2D eigenvalue weighted by atomic mass is 9.92. The molecule has 0 saturated heterocycles. The van der Waals surface area contributed by atoms with E-state index in [-0.39, 0.29) is 42.1 Å². The fourth-order valence-corrected chi connectivity index (χ4v) is 2.77. The molecule has 0 amide bonds. The van der Waals surface area contributed by atoms with Crippen LogP contribution in [0, 0.1) is 5.92 Å². The molecule has 1 aromatic rings. The zero-order valence-electron chi connectivity index (χ0n) is 15.0. The number of nitrogens with one attached hydrogen (secondary N) is 1. The van der Waals surface area contributed by atoms with Crippen molar-refractivity contribution in [3.8, 4) is 0 Å². The molecule has 2 N–H and O–H groups in total. The van der Waals surface area contributed by atoms with Gasteiger partial charge in [0.25, 0.3) is 5.92 Å². The maximum atomic E-state index is 14.3. The van der Waals surface area contributed by atoms with Crippen LogP contribution in [0.4, 0.5) is 32.3 Å². The summed E-state index contributed by atoms with van der Waals surface area (Å²) < 4.78 is 79.5. The monoisotopic (exact) mass is 410 g/mol. The highest BCUT2D eigenvalue weighted by Gasteiger charge is 2.46. The second-order valence-electron chi connectivity index (χ2n) is 7.29. The fourth-order valence-electron chi connectivity index (χ4n) is 2.77. The molecule has 1 aromatic heterocycles. The minimum absolute atomic E-state index is 0.0105. The van der Waals surface area contributed by atoms with Crippen LogP contribution in [-0.2, 0) is 6.42 Å². The number of aliphatic hydroxyl groups excluding tert-OH is 1. The van der Waals surface area contributed by atoms with Crippen LogP contribution in [0.1, 0.15) is 50.7 Å². The predicted octanol–water partition coefficient (Wildman–Crippen LogP) is 4.05. The Morgan fingerprint density at radius 2 is 1.89 bits per heavy atom. The van der Waals surface area contributed by atoms with Gasteiger partial charge in [0.1, 0.15) is 11.7 Å². The summed E-state index contributed by atoms with van der Waals surface area (Å²) >= 11 is 0. The van der Waals surface area contributed by atoms with Crippen molar-refractivity contribution in [2.24, 2.45) is 5.92 Å². The molecule has 2 aliphatic carbocycles. The van der Waals surface area contributed by atoms with E-state index < -0.39 is 42.8 Å². The van der Waals surface area contributed by atoms with Gasteiger partial charge in [-0.15, -0.1) is 0 Å². The summed E-state index contributed by atoms with van der Waals surface area (Å²) in [6.45, 7) is 1.03. The van der Waals surface area contributed by atoms with Crippen LogP contribution in [-0.4, -0.2) is 44.3 Å². The topological polar surface area (TPSA) is 70.9 Å². The number of hydrogen-bond acceptors (Lipinski definition) is 5. The molecule has 28 heavy (non-hydrogen) atoms. The van der Waals surface area contributed by atoms with E-state index in [0.29, 0.717) is 0 Å². The van der Waals surface area contributed by atoms with Gasteiger partial charge in [-0.1, -0.05) is 6.92 Å². The summed E-state index contributed by atoms with van der Waals surface area (Å²) in [7, 11) is 0. The van der Waals surface area contributed by atoms with Crippen molar-refractivity contribution in [3.63, 3.8) is 0 Å². The molecule has 0 bridgehead atoms. The molecule has 156 valence electrons. The van der Waals surface area contributed by atoms with Crippen molar-refractivity contribution < 1.29 is 31.4 Å². The summed E-state index contributed by atoms with van der Waals surface area (Å²) in [5.41, 5.74) is -0.273. The number of hydrogen-bond donors (Lipinski definition) is 2. The Balaban J connectivity index is 1.89. The summed E-state index contributed by atoms with van der Waals surface area (Å²) in [5.74, 6) is -6.76. The number of rotatable bonds is 6. The largest absolute Gasteiger partial charge is 0.391 e. The van der Waals surface area contributed by atoms with Gasteiger partial charge in [-0.05, 0) is 25.7 Å². The number of aromatic nitrogens is 3. The molecule has 1 saturated carbocycles. The van der Waals surface area contributed by atoms with Gasteiger partial charge in [0.2, 0.25) is 5.95 Å². The number of aliphatic hydroxyl groups is 1. The summed E-state index contributed by atoms with van der Waals surface area (Å²) in [6, 6.07) is 0.109. The third-order valence-corrected chi connectivity index (χ3v) is 4.86. The van der Waals surface area contributed by atoms with Crippen LogP contribution in [0.3, 0.4) is 0 Å². The van der Waals surface area contributed by atoms with Crippen molar-refractivity contribution in [2.75, 3.05) is 5.32 Å². The highest BCUT2D eigenvalue weighted by atomic mass is 19.4. The average molecular weight is 410 g/mol. The normalized spacial score (nSPS) is 23.6.